The number of aliphatic hydroxyl groups is 1. The third kappa shape index (κ3) is 4.92. The molecule has 1 saturated heterocycles. The van der Waals surface area contributed by atoms with Gasteiger partial charge < -0.3 is 20.2 Å². The lowest BCUT2D eigenvalue weighted by Crippen LogP contribution is -2.39. The molecule has 0 unspecified atom stereocenters. The van der Waals surface area contributed by atoms with E-state index in [0.717, 1.165) is 51.6 Å². The Morgan fingerprint density at radius 2 is 1.71 bits per heavy atom. The molecule has 2 N–H and O–H groups in total. The van der Waals surface area contributed by atoms with Crippen LogP contribution in [0.15, 0.2) is 41.7 Å². The summed E-state index contributed by atoms with van der Waals surface area (Å²) >= 11 is 0. The van der Waals surface area contributed by atoms with Crippen LogP contribution in [0.3, 0.4) is 0 Å². The van der Waals surface area contributed by atoms with E-state index in [0.29, 0.717) is 5.92 Å². The fourth-order valence-electron chi connectivity index (χ4n) is 4.90. The van der Waals surface area contributed by atoms with Gasteiger partial charge in [0.2, 0.25) is 5.91 Å². The molecule has 2 heterocycles. The molecule has 0 aromatic heterocycles. The highest BCUT2D eigenvalue weighted by Crippen LogP contribution is 2.33. The summed E-state index contributed by atoms with van der Waals surface area (Å²) in [5, 5.41) is 13.2. The first-order valence-corrected chi connectivity index (χ1v) is 11.4. The maximum atomic E-state index is 12.7. The van der Waals surface area contributed by atoms with Gasteiger partial charge in [0.25, 0.3) is 11.8 Å². The summed E-state index contributed by atoms with van der Waals surface area (Å²) < 4.78 is 0. The van der Waals surface area contributed by atoms with Crippen molar-refractivity contribution >= 4 is 17.7 Å². The molecule has 1 saturated carbocycles. The van der Waals surface area contributed by atoms with E-state index in [2.05, 4.69) is 29.6 Å². The first-order valence-electron chi connectivity index (χ1n) is 11.4. The van der Waals surface area contributed by atoms with Crippen molar-refractivity contribution < 1.29 is 19.5 Å². The Bertz CT molecular complexity index is 853. The van der Waals surface area contributed by atoms with Crippen molar-refractivity contribution in [3.63, 3.8) is 0 Å². The van der Waals surface area contributed by atoms with Crippen LogP contribution in [0, 0.1) is 0 Å². The number of aliphatic hydroxyl groups excluding tert-OH is 1. The fourth-order valence-corrected chi connectivity index (χ4v) is 4.90. The maximum absolute atomic E-state index is 12.7. The number of nitrogens with zero attached hydrogens (tertiary/aromatic N) is 2. The minimum atomic E-state index is -0.563. The molecule has 166 valence electrons. The van der Waals surface area contributed by atoms with Crippen molar-refractivity contribution in [3.8, 4) is 0 Å². The highest BCUT2D eigenvalue weighted by atomic mass is 16.3. The molecule has 7 heteroatoms. The minimum Gasteiger partial charge on any atom is -0.503 e. The van der Waals surface area contributed by atoms with Gasteiger partial charge in [-0.3, -0.25) is 14.4 Å². The predicted octanol–water partition coefficient (Wildman–Crippen LogP) is 2.50. The van der Waals surface area contributed by atoms with E-state index >= 15 is 0 Å². The van der Waals surface area contributed by atoms with Crippen LogP contribution in [-0.2, 0) is 14.4 Å². The first-order chi connectivity index (χ1) is 15.0. The van der Waals surface area contributed by atoms with E-state index < -0.39 is 11.7 Å². The molecular formula is C24H31N3O4. The van der Waals surface area contributed by atoms with Gasteiger partial charge in [0.1, 0.15) is 0 Å². The molecule has 3 amide bonds. The van der Waals surface area contributed by atoms with Crippen LogP contribution in [-0.4, -0.2) is 64.8 Å². The van der Waals surface area contributed by atoms with Gasteiger partial charge in [-0.25, -0.2) is 0 Å². The lowest BCUT2D eigenvalue weighted by molar-refractivity contribution is -0.132. The normalized spacial score (nSPS) is 24.1. The second kappa shape index (κ2) is 9.54. The van der Waals surface area contributed by atoms with Gasteiger partial charge in [0, 0.05) is 32.1 Å². The molecule has 1 aliphatic carbocycles. The number of hydrogen-bond donors (Lipinski definition) is 2. The molecule has 4 rings (SSSR count). The molecule has 3 aliphatic rings. The van der Waals surface area contributed by atoms with Crippen molar-refractivity contribution in [2.24, 2.45) is 0 Å². The molecule has 0 bridgehead atoms. The summed E-state index contributed by atoms with van der Waals surface area (Å²) in [6.07, 6.45) is 6.02. The van der Waals surface area contributed by atoms with Crippen LogP contribution in [0.5, 0.6) is 0 Å². The number of nitrogens with one attached hydrogen (secondary N) is 1. The zero-order valence-corrected chi connectivity index (χ0v) is 17.9. The van der Waals surface area contributed by atoms with Crippen LogP contribution < -0.4 is 5.32 Å². The lowest BCUT2D eigenvalue weighted by Gasteiger charge is -2.29. The fraction of sp³-hybridized carbons (Fsp3) is 0.542. The van der Waals surface area contributed by atoms with Gasteiger partial charge in [-0.2, -0.15) is 0 Å². The molecule has 0 spiro atoms. The topological polar surface area (TPSA) is 90.0 Å². The summed E-state index contributed by atoms with van der Waals surface area (Å²) in [6, 6.07) is 10.5. The average Bonchev–Trinajstić information content (AvgIpc) is 3.43. The molecule has 7 nitrogen and oxygen atoms in total. The van der Waals surface area contributed by atoms with Crippen molar-refractivity contribution in [3.05, 3.63) is 47.2 Å². The number of carbonyl (C=O) groups excluding carboxylic acids is 3. The highest BCUT2D eigenvalue weighted by Gasteiger charge is 2.35. The molecule has 2 fully saturated rings. The summed E-state index contributed by atoms with van der Waals surface area (Å²) in [7, 11) is 0. The standard InChI is InChI=1S/C24H31N3O4/c28-21(26-13-4-5-14-26)12-15-27-16-20(22(29)24(27)31)23(30)25-19-10-8-18(9-11-19)17-6-2-1-3-7-17/h1-3,6-7,18-19,29H,4-5,8-16H2,(H,25,30)/t18-,19+. The van der Waals surface area contributed by atoms with Crippen molar-refractivity contribution in [1.29, 1.82) is 0 Å². The molecule has 1 aromatic rings. The Kier molecular flexibility index (Phi) is 6.59. The Morgan fingerprint density at radius 3 is 2.39 bits per heavy atom. The van der Waals surface area contributed by atoms with Gasteiger partial charge in [-0.1, -0.05) is 30.3 Å². The summed E-state index contributed by atoms with van der Waals surface area (Å²) in [5.74, 6) is -0.879. The average molecular weight is 426 g/mol. The summed E-state index contributed by atoms with van der Waals surface area (Å²) in [6.45, 7) is 1.83. The third-order valence-corrected chi connectivity index (χ3v) is 6.79. The van der Waals surface area contributed by atoms with Gasteiger partial charge in [0.05, 0.1) is 12.1 Å². The molecule has 2 aliphatic heterocycles. The Labute approximate surface area is 183 Å². The van der Waals surface area contributed by atoms with Gasteiger partial charge in [-0.15, -0.1) is 0 Å². The number of amides is 3. The monoisotopic (exact) mass is 425 g/mol. The SMILES string of the molecule is O=C(N[C@H]1CC[C@@H](c2ccccc2)CC1)C1=C(O)C(=O)N(CCC(=O)N2CCCC2)C1. The summed E-state index contributed by atoms with van der Waals surface area (Å²) in [4.78, 5) is 40.5. The van der Waals surface area contributed by atoms with Crippen LogP contribution in [0.2, 0.25) is 0 Å². The van der Waals surface area contributed by atoms with Gasteiger partial charge in [0.15, 0.2) is 5.76 Å². The number of benzene rings is 1. The quantitative estimate of drug-likeness (QED) is 0.733. The van der Waals surface area contributed by atoms with Crippen LogP contribution >= 0.6 is 0 Å². The Morgan fingerprint density at radius 1 is 1.03 bits per heavy atom. The number of likely N-dealkylation sites (tertiary alicyclic amines) is 1. The van der Waals surface area contributed by atoms with Crippen molar-refractivity contribution in [1.82, 2.24) is 15.1 Å². The van der Waals surface area contributed by atoms with E-state index in [1.165, 1.54) is 10.5 Å². The zero-order valence-electron chi connectivity index (χ0n) is 17.9. The molecular weight excluding hydrogens is 394 g/mol. The molecule has 1 aromatic carbocycles. The predicted molar refractivity (Wildman–Crippen MR) is 116 cm³/mol. The number of hydrogen-bond acceptors (Lipinski definition) is 4. The largest absolute Gasteiger partial charge is 0.503 e. The number of rotatable bonds is 6. The van der Waals surface area contributed by atoms with Crippen molar-refractivity contribution in [2.45, 2.75) is 56.9 Å². The Balaban J connectivity index is 1.25. The first kappa shape index (κ1) is 21.4. The van der Waals surface area contributed by atoms with Crippen LogP contribution in [0.1, 0.15) is 56.4 Å². The second-order valence-electron chi connectivity index (χ2n) is 8.82. The lowest BCUT2D eigenvalue weighted by atomic mass is 9.82. The van der Waals surface area contributed by atoms with E-state index in [-0.39, 0.29) is 42.9 Å². The van der Waals surface area contributed by atoms with Crippen LogP contribution in [0.25, 0.3) is 0 Å². The van der Waals surface area contributed by atoms with E-state index in [1.54, 1.807) is 0 Å². The van der Waals surface area contributed by atoms with E-state index in [1.807, 2.05) is 11.0 Å². The molecule has 0 atom stereocenters. The second-order valence-corrected chi connectivity index (χ2v) is 8.82. The van der Waals surface area contributed by atoms with E-state index in [9.17, 15) is 19.5 Å². The van der Waals surface area contributed by atoms with Gasteiger partial charge in [-0.05, 0) is 50.0 Å². The molecule has 31 heavy (non-hydrogen) atoms. The van der Waals surface area contributed by atoms with E-state index in [4.69, 9.17) is 0 Å². The molecule has 0 radical (unpaired) electrons. The minimum absolute atomic E-state index is 0.0258. The Hall–Kier alpha value is -2.83. The zero-order chi connectivity index (χ0) is 21.8. The summed E-state index contributed by atoms with van der Waals surface area (Å²) in [5.41, 5.74) is 1.46. The van der Waals surface area contributed by atoms with Crippen molar-refractivity contribution in [2.75, 3.05) is 26.2 Å². The van der Waals surface area contributed by atoms with Gasteiger partial charge >= 0.3 is 0 Å². The third-order valence-electron chi connectivity index (χ3n) is 6.79. The highest BCUT2D eigenvalue weighted by molar-refractivity contribution is 6.07. The number of carbonyl (C=O) groups is 3. The van der Waals surface area contributed by atoms with Crippen LogP contribution in [0.4, 0.5) is 0 Å². The smallest absolute Gasteiger partial charge is 0.289 e. The maximum Gasteiger partial charge on any atom is 0.289 e.